The number of nitro benzene ring substituents is 1. The minimum absolute atomic E-state index is 0.0682. The third-order valence-electron chi connectivity index (χ3n) is 4.93. The maximum absolute atomic E-state index is 12.9. The molecular formula is C23H20N4O3. The number of nitrogens with zero attached hydrogens (tertiary/aromatic N) is 1. The minimum Gasteiger partial charge on any atom is -0.354 e. The molecule has 1 aliphatic heterocycles. The Labute approximate surface area is 173 Å². The fourth-order valence-electron chi connectivity index (χ4n) is 3.47. The zero-order valence-corrected chi connectivity index (χ0v) is 16.1. The lowest BCUT2D eigenvalue weighted by atomic mass is 9.99. The summed E-state index contributed by atoms with van der Waals surface area (Å²) in [5.41, 5.74) is 10.3. The summed E-state index contributed by atoms with van der Waals surface area (Å²) in [7, 11) is 0. The molecule has 1 amide bonds. The molecule has 0 aromatic heterocycles. The molecule has 0 atom stereocenters. The maximum atomic E-state index is 12.9. The van der Waals surface area contributed by atoms with Gasteiger partial charge in [0.15, 0.2) is 0 Å². The summed E-state index contributed by atoms with van der Waals surface area (Å²) in [6, 6.07) is 21.6. The number of rotatable bonds is 6. The predicted molar refractivity (Wildman–Crippen MR) is 118 cm³/mol. The van der Waals surface area contributed by atoms with E-state index in [9.17, 15) is 14.9 Å². The van der Waals surface area contributed by atoms with Crippen LogP contribution in [0.2, 0.25) is 0 Å². The van der Waals surface area contributed by atoms with Crippen LogP contribution in [-0.4, -0.2) is 17.4 Å². The number of carbonyl (C=O) groups excluding carboxylic acids is 1. The van der Waals surface area contributed by atoms with Crippen molar-refractivity contribution >= 4 is 34.2 Å². The first-order chi connectivity index (χ1) is 14.6. The van der Waals surface area contributed by atoms with E-state index in [1.54, 1.807) is 6.07 Å². The molecule has 3 aromatic rings. The van der Waals surface area contributed by atoms with Gasteiger partial charge < -0.3 is 16.4 Å². The molecule has 0 saturated carbocycles. The van der Waals surface area contributed by atoms with Crippen LogP contribution >= 0.6 is 0 Å². The summed E-state index contributed by atoms with van der Waals surface area (Å²) < 4.78 is 0. The predicted octanol–water partition coefficient (Wildman–Crippen LogP) is 4.03. The van der Waals surface area contributed by atoms with Crippen LogP contribution in [-0.2, 0) is 11.2 Å². The van der Waals surface area contributed by atoms with Gasteiger partial charge in [0.2, 0.25) is 0 Å². The Balaban J connectivity index is 1.84. The summed E-state index contributed by atoms with van der Waals surface area (Å²) >= 11 is 0. The molecule has 4 N–H and O–H groups in total. The Morgan fingerprint density at radius 1 is 1.03 bits per heavy atom. The van der Waals surface area contributed by atoms with Gasteiger partial charge in [-0.1, -0.05) is 42.5 Å². The number of anilines is 2. The highest BCUT2D eigenvalue weighted by atomic mass is 16.6. The van der Waals surface area contributed by atoms with E-state index in [2.05, 4.69) is 10.6 Å². The fourth-order valence-corrected chi connectivity index (χ4v) is 3.47. The standard InChI is InChI=1S/C23H20N4O3/c24-13-12-15-6-8-17(9-7-15)25-22(16-4-2-1-3-5-16)21-19-14-18(27(29)30)10-11-20(19)26-23(21)28/h1-11,14,25H,12-13,24H2,(H,26,28)/b22-21-. The quantitative estimate of drug-likeness (QED) is 0.329. The third-order valence-corrected chi connectivity index (χ3v) is 4.93. The van der Waals surface area contributed by atoms with Crippen LogP contribution in [0.15, 0.2) is 72.8 Å². The van der Waals surface area contributed by atoms with E-state index in [4.69, 9.17) is 5.73 Å². The Morgan fingerprint density at radius 2 is 1.77 bits per heavy atom. The number of nitro groups is 1. The molecule has 0 spiro atoms. The molecule has 30 heavy (non-hydrogen) atoms. The van der Waals surface area contributed by atoms with Crippen LogP contribution in [0.25, 0.3) is 11.3 Å². The van der Waals surface area contributed by atoms with Crippen molar-refractivity contribution in [3.8, 4) is 0 Å². The second-order valence-corrected chi connectivity index (χ2v) is 6.92. The molecule has 0 radical (unpaired) electrons. The summed E-state index contributed by atoms with van der Waals surface area (Å²) in [5.74, 6) is -0.309. The normalized spacial score (nSPS) is 14.1. The highest BCUT2D eigenvalue weighted by Crippen LogP contribution is 2.39. The number of hydrogen-bond donors (Lipinski definition) is 3. The van der Waals surface area contributed by atoms with Crippen molar-refractivity contribution in [2.75, 3.05) is 17.2 Å². The Hall–Kier alpha value is -3.97. The Morgan fingerprint density at radius 3 is 2.43 bits per heavy atom. The third kappa shape index (κ3) is 3.78. The van der Waals surface area contributed by atoms with E-state index < -0.39 is 4.92 Å². The Bertz CT molecular complexity index is 1140. The number of benzene rings is 3. The number of fused-ring (bicyclic) bond motifs is 1. The minimum atomic E-state index is -0.466. The van der Waals surface area contributed by atoms with Crippen molar-refractivity contribution in [1.29, 1.82) is 0 Å². The highest BCUT2D eigenvalue weighted by molar-refractivity contribution is 6.37. The average molecular weight is 400 g/mol. The maximum Gasteiger partial charge on any atom is 0.270 e. The summed E-state index contributed by atoms with van der Waals surface area (Å²) in [6.07, 6.45) is 0.784. The van der Waals surface area contributed by atoms with Crippen LogP contribution in [0.5, 0.6) is 0 Å². The SMILES string of the molecule is NCCc1ccc(N/C(=C2\C(=O)Nc3ccc([N+](=O)[O-])cc32)c2ccccc2)cc1. The lowest BCUT2D eigenvalue weighted by molar-refractivity contribution is -0.384. The molecule has 150 valence electrons. The first-order valence-corrected chi connectivity index (χ1v) is 9.52. The smallest absolute Gasteiger partial charge is 0.270 e. The van der Waals surface area contributed by atoms with Crippen LogP contribution in [0.3, 0.4) is 0 Å². The fraction of sp³-hybridized carbons (Fsp3) is 0.0870. The summed E-state index contributed by atoms with van der Waals surface area (Å²) in [4.78, 5) is 23.7. The van der Waals surface area contributed by atoms with Crippen LogP contribution in [0, 0.1) is 10.1 Å². The second kappa shape index (κ2) is 8.18. The zero-order valence-electron chi connectivity index (χ0n) is 16.1. The van der Waals surface area contributed by atoms with Crippen molar-refractivity contribution < 1.29 is 9.72 Å². The number of nitrogens with one attached hydrogen (secondary N) is 2. The van der Waals surface area contributed by atoms with Crippen molar-refractivity contribution in [2.24, 2.45) is 5.73 Å². The largest absolute Gasteiger partial charge is 0.354 e. The molecule has 0 aliphatic carbocycles. The van der Waals surface area contributed by atoms with E-state index in [0.29, 0.717) is 29.1 Å². The van der Waals surface area contributed by atoms with Gasteiger partial charge in [-0.25, -0.2) is 0 Å². The molecular weight excluding hydrogens is 380 g/mol. The van der Waals surface area contributed by atoms with Crippen molar-refractivity contribution in [2.45, 2.75) is 6.42 Å². The van der Waals surface area contributed by atoms with Crippen molar-refractivity contribution in [3.05, 3.63) is 99.6 Å². The molecule has 7 nitrogen and oxygen atoms in total. The van der Waals surface area contributed by atoms with Gasteiger partial charge in [0, 0.05) is 29.1 Å². The molecule has 7 heteroatoms. The van der Waals surface area contributed by atoms with Gasteiger partial charge in [0.1, 0.15) is 0 Å². The van der Waals surface area contributed by atoms with Gasteiger partial charge in [-0.2, -0.15) is 0 Å². The van der Waals surface area contributed by atoms with Crippen molar-refractivity contribution in [3.63, 3.8) is 0 Å². The van der Waals surface area contributed by atoms with E-state index in [1.807, 2.05) is 54.6 Å². The van der Waals surface area contributed by atoms with Gasteiger partial charge in [-0.05, 0) is 42.3 Å². The molecule has 0 unspecified atom stereocenters. The van der Waals surface area contributed by atoms with Crippen LogP contribution in [0.4, 0.5) is 17.1 Å². The van der Waals surface area contributed by atoms with E-state index in [-0.39, 0.29) is 11.6 Å². The van der Waals surface area contributed by atoms with Gasteiger partial charge in [0.25, 0.3) is 11.6 Å². The molecule has 4 rings (SSSR count). The number of amides is 1. The molecule has 0 fully saturated rings. The molecule has 1 aliphatic rings. The van der Waals surface area contributed by atoms with E-state index in [0.717, 1.165) is 23.2 Å². The Kier molecular flexibility index (Phi) is 5.28. The van der Waals surface area contributed by atoms with Gasteiger partial charge in [-0.3, -0.25) is 14.9 Å². The first kappa shape index (κ1) is 19.4. The lowest BCUT2D eigenvalue weighted by Gasteiger charge is -2.15. The lowest BCUT2D eigenvalue weighted by Crippen LogP contribution is -2.10. The number of hydrogen-bond acceptors (Lipinski definition) is 5. The van der Waals surface area contributed by atoms with Gasteiger partial charge in [0.05, 0.1) is 16.2 Å². The summed E-state index contributed by atoms with van der Waals surface area (Å²) in [6.45, 7) is 0.571. The molecule has 0 saturated heterocycles. The van der Waals surface area contributed by atoms with Crippen LogP contribution in [0.1, 0.15) is 16.7 Å². The van der Waals surface area contributed by atoms with Gasteiger partial charge in [-0.15, -0.1) is 0 Å². The van der Waals surface area contributed by atoms with E-state index in [1.165, 1.54) is 12.1 Å². The topological polar surface area (TPSA) is 110 Å². The number of non-ortho nitro benzene ring substituents is 1. The van der Waals surface area contributed by atoms with Crippen LogP contribution < -0.4 is 16.4 Å². The number of carbonyl (C=O) groups is 1. The average Bonchev–Trinajstić information content (AvgIpc) is 3.09. The molecule has 1 heterocycles. The van der Waals surface area contributed by atoms with Crippen molar-refractivity contribution in [1.82, 2.24) is 0 Å². The second-order valence-electron chi connectivity index (χ2n) is 6.92. The summed E-state index contributed by atoms with van der Waals surface area (Å²) in [5, 5.41) is 17.4. The highest BCUT2D eigenvalue weighted by Gasteiger charge is 2.30. The van der Waals surface area contributed by atoms with E-state index >= 15 is 0 Å². The number of nitrogens with two attached hydrogens (primary N) is 1. The zero-order chi connectivity index (χ0) is 21.1. The van der Waals surface area contributed by atoms with Gasteiger partial charge >= 0.3 is 0 Å². The molecule has 0 bridgehead atoms. The molecule has 3 aromatic carbocycles. The first-order valence-electron chi connectivity index (χ1n) is 9.52. The monoisotopic (exact) mass is 400 g/mol.